The van der Waals surface area contributed by atoms with Crippen LogP contribution in [-0.4, -0.2) is 63.7 Å². The van der Waals surface area contributed by atoms with E-state index in [2.05, 4.69) is 15.0 Å². The Kier molecular flexibility index (Phi) is 5.03. The molecule has 2 aromatic rings. The molecule has 27 heavy (non-hydrogen) atoms. The Morgan fingerprint density at radius 2 is 1.93 bits per heavy atom. The normalized spacial score (nSPS) is 21.3. The molecule has 0 spiro atoms. The lowest BCUT2D eigenvalue weighted by atomic mass is 9.93. The van der Waals surface area contributed by atoms with Gasteiger partial charge in [0.25, 0.3) is 5.56 Å². The number of likely N-dealkylation sites (tertiary alicyclic amines) is 2. The Balaban J connectivity index is 1.32. The number of hydrogen-bond donors (Lipinski definition) is 0. The van der Waals surface area contributed by atoms with E-state index in [1.807, 2.05) is 24.1 Å². The summed E-state index contributed by atoms with van der Waals surface area (Å²) in [7, 11) is 1.89. The molecule has 2 saturated heterocycles. The maximum absolute atomic E-state index is 12.2. The molecule has 7 heteroatoms. The van der Waals surface area contributed by atoms with Gasteiger partial charge in [0, 0.05) is 69.6 Å². The summed E-state index contributed by atoms with van der Waals surface area (Å²) in [5.74, 6) is 1.26. The summed E-state index contributed by atoms with van der Waals surface area (Å²) in [5.41, 5.74) is 1.62. The second-order valence-electron chi connectivity index (χ2n) is 7.74. The molecule has 0 aromatic carbocycles. The molecule has 1 unspecified atom stereocenters. The van der Waals surface area contributed by atoms with E-state index in [4.69, 9.17) is 0 Å². The van der Waals surface area contributed by atoms with Crippen molar-refractivity contribution in [1.29, 1.82) is 0 Å². The Labute approximate surface area is 158 Å². The van der Waals surface area contributed by atoms with Gasteiger partial charge in [-0.15, -0.1) is 0 Å². The van der Waals surface area contributed by atoms with Gasteiger partial charge < -0.3 is 9.80 Å². The van der Waals surface area contributed by atoms with Crippen LogP contribution >= 0.6 is 0 Å². The molecule has 0 aliphatic carbocycles. The van der Waals surface area contributed by atoms with Crippen LogP contribution in [0.2, 0.25) is 0 Å². The lowest BCUT2D eigenvalue weighted by Crippen LogP contribution is -2.52. The Morgan fingerprint density at radius 1 is 1.07 bits per heavy atom. The number of rotatable bonds is 5. The van der Waals surface area contributed by atoms with Crippen molar-refractivity contribution >= 4 is 5.91 Å². The molecular weight excluding hydrogens is 342 g/mol. The van der Waals surface area contributed by atoms with Crippen molar-refractivity contribution in [3.8, 4) is 11.3 Å². The first kappa shape index (κ1) is 17.9. The quantitative estimate of drug-likeness (QED) is 0.792. The summed E-state index contributed by atoms with van der Waals surface area (Å²) in [5, 5.41) is 4.52. The minimum Gasteiger partial charge on any atom is -0.345 e. The Bertz CT molecular complexity index is 860. The van der Waals surface area contributed by atoms with Crippen LogP contribution in [0.25, 0.3) is 11.3 Å². The summed E-state index contributed by atoms with van der Waals surface area (Å²) >= 11 is 0. The number of pyridine rings is 1. The third-order valence-electron chi connectivity index (χ3n) is 5.53. The van der Waals surface area contributed by atoms with Crippen LogP contribution in [0.5, 0.6) is 0 Å². The SMILES string of the molecule is CN1CC(CN2CC(Cn3nc(-c4cccnc4)ccc3=O)C2)CCC1=O. The van der Waals surface area contributed by atoms with E-state index in [1.165, 1.54) is 0 Å². The number of hydrogen-bond acceptors (Lipinski definition) is 5. The molecule has 2 aromatic heterocycles. The summed E-state index contributed by atoms with van der Waals surface area (Å²) in [4.78, 5) is 32.2. The minimum absolute atomic E-state index is 0.0616. The van der Waals surface area contributed by atoms with Crippen LogP contribution in [-0.2, 0) is 11.3 Å². The zero-order valence-electron chi connectivity index (χ0n) is 15.6. The van der Waals surface area contributed by atoms with Gasteiger partial charge in [0.15, 0.2) is 0 Å². The number of aromatic nitrogens is 3. The van der Waals surface area contributed by atoms with Crippen LogP contribution in [0.4, 0.5) is 0 Å². The number of carbonyl (C=O) groups excluding carboxylic acids is 1. The monoisotopic (exact) mass is 367 g/mol. The van der Waals surface area contributed by atoms with Gasteiger partial charge >= 0.3 is 0 Å². The van der Waals surface area contributed by atoms with Crippen molar-refractivity contribution < 1.29 is 4.79 Å². The third kappa shape index (κ3) is 4.08. The molecule has 2 aliphatic rings. The van der Waals surface area contributed by atoms with Gasteiger partial charge in [-0.1, -0.05) is 0 Å². The minimum atomic E-state index is -0.0616. The molecule has 0 N–H and O–H groups in total. The fourth-order valence-corrected chi connectivity index (χ4v) is 4.05. The topological polar surface area (TPSA) is 71.3 Å². The highest BCUT2D eigenvalue weighted by Crippen LogP contribution is 2.23. The number of piperidine rings is 1. The van der Waals surface area contributed by atoms with E-state index < -0.39 is 0 Å². The zero-order chi connectivity index (χ0) is 18.8. The maximum Gasteiger partial charge on any atom is 0.266 e. The molecule has 2 aliphatic heterocycles. The average molecular weight is 367 g/mol. The predicted molar refractivity (Wildman–Crippen MR) is 102 cm³/mol. The van der Waals surface area contributed by atoms with Crippen LogP contribution in [0, 0.1) is 11.8 Å². The molecule has 0 radical (unpaired) electrons. The highest BCUT2D eigenvalue weighted by Gasteiger charge is 2.31. The summed E-state index contributed by atoms with van der Waals surface area (Å²) in [6.07, 6.45) is 5.13. The fraction of sp³-hybridized carbons (Fsp3) is 0.500. The number of amides is 1. The molecule has 1 amide bonds. The predicted octanol–water partition coefficient (Wildman–Crippen LogP) is 1.11. The molecule has 0 saturated carbocycles. The van der Waals surface area contributed by atoms with Gasteiger partial charge in [0.1, 0.15) is 0 Å². The van der Waals surface area contributed by atoms with Crippen LogP contribution < -0.4 is 5.56 Å². The van der Waals surface area contributed by atoms with Crippen molar-refractivity contribution in [2.75, 3.05) is 33.2 Å². The highest BCUT2D eigenvalue weighted by molar-refractivity contribution is 5.76. The van der Waals surface area contributed by atoms with Crippen molar-refractivity contribution in [2.45, 2.75) is 19.4 Å². The molecule has 1 atom stereocenters. The smallest absolute Gasteiger partial charge is 0.266 e. The summed E-state index contributed by atoms with van der Waals surface area (Å²) < 4.78 is 1.58. The van der Waals surface area contributed by atoms with Gasteiger partial charge in [-0.05, 0) is 30.5 Å². The first-order valence-electron chi connectivity index (χ1n) is 9.53. The van der Waals surface area contributed by atoms with Gasteiger partial charge in [-0.25, -0.2) is 4.68 Å². The first-order valence-corrected chi connectivity index (χ1v) is 9.53. The molecule has 0 bridgehead atoms. The Hall–Kier alpha value is -2.54. The highest BCUT2D eigenvalue weighted by atomic mass is 16.2. The van der Waals surface area contributed by atoms with Gasteiger partial charge in [0.05, 0.1) is 12.2 Å². The zero-order valence-corrected chi connectivity index (χ0v) is 15.6. The van der Waals surface area contributed by atoms with Crippen molar-refractivity contribution in [2.24, 2.45) is 11.8 Å². The van der Waals surface area contributed by atoms with Gasteiger partial charge in [0.2, 0.25) is 5.91 Å². The molecule has 2 fully saturated rings. The van der Waals surface area contributed by atoms with Crippen LogP contribution in [0.15, 0.2) is 41.5 Å². The van der Waals surface area contributed by atoms with E-state index in [-0.39, 0.29) is 11.5 Å². The maximum atomic E-state index is 12.2. The molecular formula is C20H25N5O2. The van der Waals surface area contributed by atoms with E-state index in [0.29, 0.717) is 24.8 Å². The number of nitrogens with zero attached hydrogens (tertiary/aromatic N) is 5. The molecule has 142 valence electrons. The van der Waals surface area contributed by atoms with Crippen LogP contribution in [0.3, 0.4) is 0 Å². The fourth-order valence-electron chi connectivity index (χ4n) is 4.05. The van der Waals surface area contributed by atoms with Crippen LogP contribution in [0.1, 0.15) is 12.8 Å². The molecule has 4 heterocycles. The largest absolute Gasteiger partial charge is 0.345 e. The van der Waals surface area contributed by atoms with Crippen molar-refractivity contribution in [1.82, 2.24) is 24.6 Å². The molecule has 7 nitrogen and oxygen atoms in total. The summed E-state index contributed by atoms with van der Waals surface area (Å²) in [6, 6.07) is 7.15. The molecule has 4 rings (SSSR count). The first-order chi connectivity index (χ1) is 13.1. The van der Waals surface area contributed by atoms with Gasteiger partial charge in [-0.2, -0.15) is 5.10 Å². The van der Waals surface area contributed by atoms with Crippen molar-refractivity contribution in [3.05, 3.63) is 47.0 Å². The Morgan fingerprint density at radius 3 is 2.67 bits per heavy atom. The second-order valence-corrected chi connectivity index (χ2v) is 7.74. The van der Waals surface area contributed by atoms with E-state index in [1.54, 1.807) is 29.2 Å². The standard InChI is InChI=1S/C20H25N5O2/c1-23-10-15(4-6-19(23)26)11-24-12-16(13-24)14-25-20(27)7-5-18(22-25)17-3-2-8-21-9-17/h2-3,5,7-9,15-16H,4,6,10-14H2,1H3. The number of carbonyl (C=O) groups is 1. The van der Waals surface area contributed by atoms with Crippen molar-refractivity contribution in [3.63, 3.8) is 0 Å². The van der Waals surface area contributed by atoms with E-state index >= 15 is 0 Å². The lowest BCUT2D eigenvalue weighted by molar-refractivity contribution is -0.133. The second kappa shape index (κ2) is 7.60. The lowest BCUT2D eigenvalue weighted by Gasteiger charge is -2.42. The van der Waals surface area contributed by atoms with Gasteiger partial charge in [-0.3, -0.25) is 14.6 Å². The van der Waals surface area contributed by atoms with E-state index in [9.17, 15) is 9.59 Å². The third-order valence-corrected chi connectivity index (χ3v) is 5.53. The average Bonchev–Trinajstić information content (AvgIpc) is 2.65. The van der Waals surface area contributed by atoms with E-state index in [0.717, 1.165) is 43.9 Å². The summed E-state index contributed by atoms with van der Waals surface area (Å²) in [6.45, 7) is 4.51.